The first kappa shape index (κ1) is 23.4. The number of piperidine rings is 1. The number of rotatable bonds is 8. The van der Waals surface area contributed by atoms with E-state index in [4.69, 9.17) is 0 Å². The summed E-state index contributed by atoms with van der Waals surface area (Å²) in [6, 6.07) is 15.1. The third kappa shape index (κ3) is 6.39. The molecule has 0 saturated carbocycles. The number of halogens is 1. The molecular formula is C25H30FN3O3. The molecule has 1 aliphatic rings. The molecule has 0 aliphatic carbocycles. The Morgan fingerprint density at radius 3 is 2.44 bits per heavy atom. The number of nitrogens with one attached hydrogen (secondary N) is 1. The number of amides is 3. The number of hydrogen-bond acceptors (Lipinski definition) is 3. The smallest absolute Gasteiger partial charge is 0.253 e. The highest BCUT2D eigenvalue weighted by molar-refractivity contribution is 5.94. The molecular weight excluding hydrogens is 409 g/mol. The van der Waals surface area contributed by atoms with E-state index in [1.54, 1.807) is 12.1 Å². The lowest BCUT2D eigenvalue weighted by Gasteiger charge is -2.38. The van der Waals surface area contributed by atoms with Crippen molar-refractivity contribution in [2.45, 2.75) is 38.6 Å². The van der Waals surface area contributed by atoms with Crippen LogP contribution in [-0.4, -0.2) is 59.7 Å². The topological polar surface area (TPSA) is 69.7 Å². The van der Waals surface area contributed by atoms with Gasteiger partial charge in [-0.1, -0.05) is 37.3 Å². The Labute approximate surface area is 188 Å². The van der Waals surface area contributed by atoms with E-state index < -0.39 is 5.82 Å². The average molecular weight is 440 g/mol. The van der Waals surface area contributed by atoms with Crippen LogP contribution >= 0.6 is 0 Å². The zero-order valence-electron chi connectivity index (χ0n) is 18.4. The van der Waals surface area contributed by atoms with Gasteiger partial charge in [0, 0.05) is 31.2 Å². The Kier molecular flexibility index (Phi) is 8.36. The monoisotopic (exact) mass is 439 g/mol. The minimum absolute atomic E-state index is 0.0158. The summed E-state index contributed by atoms with van der Waals surface area (Å²) >= 11 is 0. The molecule has 1 saturated heterocycles. The minimum atomic E-state index is -0.391. The van der Waals surface area contributed by atoms with Crippen LogP contribution in [0.2, 0.25) is 0 Å². The Hall–Kier alpha value is -3.22. The summed E-state index contributed by atoms with van der Waals surface area (Å²) < 4.78 is 13.3. The average Bonchev–Trinajstić information content (AvgIpc) is 2.81. The molecule has 170 valence electrons. The van der Waals surface area contributed by atoms with Gasteiger partial charge < -0.3 is 15.1 Å². The molecule has 0 bridgehead atoms. The lowest BCUT2D eigenvalue weighted by Crippen LogP contribution is -2.51. The maximum atomic E-state index is 13.3. The van der Waals surface area contributed by atoms with Gasteiger partial charge in [-0.2, -0.15) is 0 Å². The first-order chi connectivity index (χ1) is 15.5. The van der Waals surface area contributed by atoms with Crippen LogP contribution < -0.4 is 5.32 Å². The van der Waals surface area contributed by atoms with E-state index in [1.807, 2.05) is 47.1 Å². The summed E-state index contributed by atoms with van der Waals surface area (Å²) in [5.74, 6) is -0.824. The van der Waals surface area contributed by atoms with E-state index in [9.17, 15) is 18.8 Å². The predicted molar refractivity (Wildman–Crippen MR) is 120 cm³/mol. The lowest BCUT2D eigenvalue weighted by atomic mass is 10.0. The Bertz CT molecular complexity index is 927. The van der Waals surface area contributed by atoms with E-state index in [0.717, 1.165) is 6.42 Å². The van der Waals surface area contributed by atoms with Crippen molar-refractivity contribution in [1.82, 2.24) is 15.1 Å². The van der Waals surface area contributed by atoms with Gasteiger partial charge in [0.2, 0.25) is 11.8 Å². The van der Waals surface area contributed by atoms with Gasteiger partial charge in [0.1, 0.15) is 5.82 Å². The van der Waals surface area contributed by atoms with Gasteiger partial charge in [0.15, 0.2) is 0 Å². The Morgan fingerprint density at radius 2 is 1.78 bits per heavy atom. The molecule has 0 unspecified atom stereocenters. The van der Waals surface area contributed by atoms with E-state index in [1.165, 1.54) is 12.1 Å². The van der Waals surface area contributed by atoms with Gasteiger partial charge in [-0.25, -0.2) is 4.39 Å². The van der Waals surface area contributed by atoms with Crippen LogP contribution in [0.1, 0.15) is 42.1 Å². The first-order valence-electron chi connectivity index (χ1n) is 11.1. The third-order valence-electron chi connectivity index (χ3n) is 5.69. The van der Waals surface area contributed by atoms with Crippen molar-refractivity contribution in [2.75, 3.05) is 26.2 Å². The fourth-order valence-electron chi connectivity index (χ4n) is 4.07. The number of carbonyl (C=O) groups excluding carboxylic acids is 3. The highest BCUT2D eigenvalue weighted by atomic mass is 19.1. The molecule has 1 aliphatic heterocycles. The standard InChI is InChI=1S/C25H30FN3O3/c1-2-13-29(24(31)18-27-23(30)17-19-7-6-10-21(26)16-19)22-11-14-28(15-12-22)25(32)20-8-4-3-5-9-20/h3-10,16,22H,2,11-15,17-18H2,1H3,(H,27,30). The van der Waals surface area contributed by atoms with Gasteiger partial charge in [-0.15, -0.1) is 0 Å². The zero-order chi connectivity index (χ0) is 22.9. The molecule has 0 spiro atoms. The van der Waals surface area contributed by atoms with Crippen LogP contribution in [-0.2, 0) is 16.0 Å². The van der Waals surface area contributed by atoms with Gasteiger partial charge in [0.05, 0.1) is 13.0 Å². The molecule has 0 aromatic heterocycles. The number of carbonyl (C=O) groups is 3. The Balaban J connectivity index is 1.50. The van der Waals surface area contributed by atoms with Crippen LogP contribution in [0.25, 0.3) is 0 Å². The first-order valence-corrected chi connectivity index (χ1v) is 11.1. The summed E-state index contributed by atoms with van der Waals surface area (Å²) in [6.45, 7) is 3.72. The summed E-state index contributed by atoms with van der Waals surface area (Å²) in [4.78, 5) is 41.4. The maximum absolute atomic E-state index is 13.3. The van der Waals surface area contributed by atoms with Crippen molar-refractivity contribution in [2.24, 2.45) is 0 Å². The summed E-state index contributed by atoms with van der Waals surface area (Å²) in [5.41, 5.74) is 1.24. The molecule has 1 N–H and O–H groups in total. The molecule has 1 heterocycles. The fourth-order valence-corrected chi connectivity index (χ4v) is 4.07. The Morgan fingerprint density at radius 1 is 1.06 bits per heavy atom. The molecule has 2 aromatic rings. The number of hydrogen-bond donors (Lipinski definition) is 1. The van der Waals surface area contributed by atoms with Crippen LogP contribution in [0.3, 0.4) is 0 Å². The second-order valence-corrected chi connectivity index (χ2v) is 8.06. The van der Waals surface area contributed by atoms with Crippen LogP contribution in [0.4, 0.5) is 4.39 Å². The molecule has 6 nitrogen and oxygen atoms in total. The van der Waals surface area contributed by atoms with E-state index >= 15 is 0 Å². The third-order valence-corrected chi connectivity index (χ3v) is 5.69. The molecule has 0 atom stereocenters. The molecule has 1 fully saturated rings. The van der Waals surface area contributed by atoms with Crippen LogP contribution in [0.15, 0.2) is 54.6 Å². The predicted octanol–water partition coefficient (Wildman–Crippen LogP) is 3.03. The summed E-state index contributed by atoms with van der Waals surface area (Å²) in [7, 11) is 0. The molecule has 7 heteroatoms. The summed E-state index contributed by atoms with van der Waals surface area (Å²) in [5, 5.41) is 2.66. The SMILES string of the molecule is CCCN(C(=O)CNC(=O)Cc1cccc(F)c1)C1CCN(C(=O)c2ccccc2)CC1. The van der Waals surface area contributed by atoms with Crippen molar-refractivity contribution >= 4 is 17.7 Å². The zero-order valence-corrected chi connectivity index (χ0v) is 18.4. The normalized spacial score (nSPS) is 14.1. The van der Waals surface area contributed by atoms with Gasteiger partial charge >= 0.3 is 0 Å². The van der Waals surface area contributed by atoms with E-state index in [2.05, 4.69) is 5.32 Å². The fraction of sp³-hybridized carbons (Fsp3) is 0.400. The molecule has 3 rings (SSSR count). The lowest BCUT2D eigenvalue weighted by molar-refractivity contribution is -0.135. The van der Waals surface area contributed by atoms with Crippen LogP contribution in [0.5, 0.6) is 0 Å². The van der Waals surface area contributed by atoms with E-state index in [0.29, 0.717) is 43.6 Å². The van der Waals surface area contributed by atoms with Gasteiger partial charge in [-0.05, 0) is 49.1 Å². The van der Waals surface area contributed by atoms with Crippen molar-refractivity contribution in [3.63, 3.8) is 0 Å². The van der Waals surface area contributed by atoms with E-state index in [-0.39, 0.29) is 36.7 Å². The van der Waals surface area contributed by atoms with Gasteiger partial charge in [0.25, 0.3) is 5.91 Å². The maximum Gasteiger partial charge on any atom is 0.253 e. The highest BCUT2D eigenvalue weighted by Gasteiger charge is 2.29. The number of benzene rings is 2. The van der Waals surface area contributed by atoms with Crippen molar-refractivity contribution in [3.05, 3.63) is 71.5 Å². The van der Waals surface area contributed by atoms with Crippen LogP contribution in [0, 0.1) is 5.82 Å². The second kappa shape index (κ2) is 11.4. The molecule has 32 heavy (non-hydrogen) atoms. The van der Waals surface area contributed by atoms with Crippen molar-refractivity contribution < 1.29 is 18.8 Å². The number of likely N-dealkylation sites (tertiary alicyclic amines) is 1. The highest BCUT2D eigenvalue weighted by Crippen LogP contribution is 2.19. The van der Waals surface area contributed by atoms with Crippen molar-refractivity contribution in [3.8, 4) is 0 Å². The second-order valence-electron chi connectivity index (χ2n) is 8.06. The minimum Gasteiger partial charge on any atom is -0.347 e. The number of nitrogens with zero attached hydrogens (tertiary/aromatic N) is 2. The van der Waals surface area contributed by atoms with Crippen molar-refractivity contribution in [1.29, 1.82) is 0 Å². The van der Waals surface area contributed by atoms with Gasteiger partial charge in [-0.3, -0.25) is 14.4 Å². The largest absolute Gasteiger partial charge is 0.347 e. The molecule has 0 radical (unpaired) electrons. The summed E-state index contributed by atoms with van der Waals surface area (Å²) in [6.07, 6.45) is 2.26. The quantitative estimate of drug-likeness (QED) is 0.688. The molecule has 2 aromatic carbocycles. The molecule has 3 amide bonds.